The second kappa shape index (κ2) is 6.20. The molecule has 2 aromatic rings. The van der Waals surface area contributed by atoms with Crippen molar-refractivity contribution in [1.29, 1.82) is 0 Å². The molecule has 0 radical (unpaired) electrons. The number of rotatable bonds is 3. The van der Waals surface area contributed by atoms with Crippen molar-refractivity contribution < 1.29 is 17.9 Å². The van der Waals surface area contributed by atoms with Gasteiger partial charge in [-0.25, -0.2) is 18.4 Å². The van der Waals surface area contributed by atoms with Gasteiger partial charge in [-0.05, 0) is 40.5 Å². The van der Waals surface area contributed by atoms with Gasteiger partial charge in [0.2, 0.25) is 10.0 Å². The van der Waals surface area contributed by atoms with Gasteiger partial charge < -0.3 is 4.74 Å². The highest BCUT2D eigenvalue weighted by molar-refractivity contribution is 9.10. The Morgan fingerprint density at radius 3 is 2.27 bits per heavy atom. The molecule has 116 valence electrons. The Morgan fingerprint density at radius 2 is 1.77 bits per heavy atom. The van der Waals surface area contributed by atoms with Crippen LogP contribution in [0.4, 0.5) is 0 Å². The van der Waals surface area contributed by atoms with E-state index < -0.39 is 16.0 Å². The molecule has 0 unspecified atom stereocenters. The smallest absolute Gasteiger partial charge is 0.339 e. The Hall–Kier alpha value is -1.70. The van der Waals surface area contributed by atoms with Gasteiger partial charge in [0, 0.05) is 10.0 Å². The van der Waals surface area contributed by atoms with Crippen LogP contribution in [0.15, 0.2) is 45.8 Å². The third-order valence-electron chi connectivity index (χ3n) is 3.14. The number of halogens is 1. The fraction of sp³-hybridized carbons (Fsp3) is 0.133. The lowest BCUT2D eigenvalue weighted by atomic mass is 10.0. The van der Waals surface area contributed by atoms with Gasteiger partial charge in [-0.15, -0.1) is 0 Å². The highest BCUT2D eigenvalue weighted by atomic mass is 79.9. The Balaban J connectivity index is 2.76. The molecule has 0 saturated carbocycles. The zero-order chi connectivity index (χ0) is 16.5. The molecule has 22 heavy (non-hydrogen) atoms. The summed E-state index contributed by atoms with van der Waals surface area (Å²) in [5, 5.41) is 5.29. The maximum Gasteiger partial charge on any atom is 0.339 e. The van der Waals surface area contributed by atoms with Crippen LogP contribution in [0.25, 0.3) is 11.1 Å². The summed E-state index contributed by atoms with van der Waals surface area (Å²) in [5.74, 6) is -0.646. The number of aryl methyl sites for hydroxylation is 1. The first-order valence-corrected chi connectivity index (χ1v) is 8.59. The number of primary sulfonamides is 1. The molecule has 0 spiro atoms. The highest BCUT2D eigenvalue weighted by Crippen LogP contribution is 2.32. The van der Waals surface area contributed by atoms with Gasteiger partial charge in [-0.2, -0.15) is 0 Å². The lowest BCUT2D eigenvalue weighted by molar-refractivity contribution is 0.0599. The quantitative estimate of drug-likeness (QED) is 0.825. The summed E-state index contributed by atoms with van der Waals surface area (Å²) in [5.41, 5.74) is 2.25. The molecule has 5 nitrogen and oxygen atoms in total. The van der Waals surface area contributed by atoms with Crippen molar-refractivity contribution in [3.05, 3.63) is 52.0 Å². The van der Waals surface area contributed by atoms with Gasteiger partial charge in [0.05, 0.1) is 17.6 Å². The van der Waals surface area contributed by atoms with Crippen LogP contribution in [0.5, 0.6) is 0 Å². The molecule has 0 bridgehead atoms. The largest absolute Gasteiger partial charge is 0.465 e. The number of esters is 1. The standard InChI is InChI=1S/C15H14BrNO4S/c1-9-3-5-10(6-4-9)11-7-13(16)12(15(18)21-2)8-14(11)22(17,19)20/h3-8H,1-2H3,(H2,17,19,20). The van der Waals surface area contributed by atoms with Gasteiger partial charge in [0.25, 0.3) is 0 Å². The first-order chi connectivity index (χ1) is 10.2. The number of hydrogen-bond acceptors (Lipinski definition) is 4. The molecule has 0 aliphatic carbocycles. The predicted octanol–water partition coefficient (Wildman–Crippen LogP) is 2.86. The molecule has 0 atom stereocenters. The Bertz CT molecular complexity index is 829. The van der Waals surface area contributed by atoms with Crippen molar-refractivity contribution in [2.24, 2.45) is 5.14 Å². The summed E-state index contributed by atoms with van der Waals surface area (Å²) in [7, 11) is -2.78. The highest BCUT2D eigenvalue weighted by Gasteiger charge is 2.21. The van der Waals surface area contributed by atoms with E-state index in [2.05, 4.69) is 20.7 Å². The number of sulfonamides is 1. The number of ether oxygens (including phenoxy) is 1. The zero-order valence-corrected chi connectivity index (χ0v) is 14.4. The number of benzene rings is 2. The Kier molecular flexibility index (Phi) is 4.69. The minimum absolute atomic E-state index is 0.0994. The van der Waals surface area contributed by atoms with Crippen molar-refractivity contribution in [3.63, 3.8) is 0 Å². The van der Waals surface area contributed by atoms with Crippen molar-refractivity contribution in [3.8, 4) is 11.1 Å². The van der Waals surface area contributed by atoms with E-state index in [1.165, 1.54) is 13.2 Å². The van der Waals surface area contributed by atoms with E-state index in [9.17, 15) is 13.2 Å². The van der Waals surface area contributed by atoms with Crippen LogP contribution >= 0.6 is 15.9 Å². The molecular weight excluding hydrogens is 370 g/mol. The van der Waals surface area contributed by atoms with Crippen LogP contribution in [0.2, 0.25) is 0 Å². The van der Waals surface area contributed by atoms with E-state index in [-0.39, 0.29) is 10.5 Å². The fourth-order valence-electron chi connectivity index (χ4n) is 2.01. The number of nitrogens with two attached hydrogens (primary N) is 1. The van der Waals surface area contributed by atoms with E-state index in [0.717, 1.165) is 5.56 Å². The minimum Gasteiger partial charge on any atom is -0.465 e. The molecule has 0 saturated heterocycles. The molecule has 0 aliphatic rings. The second-order valence-corrected chi connectivity index (χ2v) is 7.12. The van der Waals surface area contributed by atoms with Gasteiger partial charge in [0.15, 0.2) is 0 Å². The monoisotopic (exact) mass is 383 g/mol. The van der Waals surface area contributed by atoms with Gasteiger partial charge >= 0.3 is 5.97 Å². The summed E-state index contributed by atoms with van der Waals surface area (Å²) in [4.78, 5) is 11.6. The normalized spacial score (nSPS) is 11.3. The van der Waals surface area contributed by atoms with Crippen molar-refractivity contribution in [2.45, 2.75) is 11.8 Å². The van der Waals surface area contributed by atoms with Crippen LogP contribution < -0.4 is 5.14 Å². The van der Waals surface area contributed by atoms with E-state index >= 15 is 0 Å². The fourth-order valence-corrected chi connectivity index (χ4v) is 3.28. The van der Waals surface area contributed by atoms with E-state index in [1.807, 2.05) is 19.1 Å². The zero-order valence-electron chi connectivity index (χ0n) is 12.0. The first kappa shape index (κ1) is 16.7. The van der Waals surface area contributed by atoms with Gasteiger partial charge in [0.1, 0.15) is 0 Å². The van der Waals surface area contributed by atoms with Crippen LogP contribution in [-0.2, 0) is 14.8 Å². The average molecular weight is 384 g/mol. The van der Waals surface area contributed by atoms with Gasteiger partial charge in [-0.1, -0.05) is 29.8 Å². The summed E-state index contributed by atoms with van der Waals surface area (Å²) in [6.45, 7) is 1.93. The van der Waals surface area contributed by atoms with E-state index in [1.54, 1.807) is 18.2 Å². The third kappa shape index (κ3) is 3.37. The Morgan fingerprint density at radius 1 is 1.18 bits per heavy atom. The van der Waals surface area contributed by atoms with Crippen LogP contribution in [-0.4, -0.2) is 21.5 Å². The molecule has 0 fully saturated rings. The second-order valence-electron chi connectivity index (χ2n) is 4.73. The summed E-state index contributed by atoms with van der Waals surface area (Å²) < 4.78 is 28.8. The van der Waals surface area contributed by atoms with Crippen molar-refractivity contribution >= 4 is 31.9 Å². The SMILES string of the molecule is COC(=O)c1cc(S(N)(=O)=O)c(-c2ccc(C)cc2)cc1Br. The average Bonchev–Trinajstić information content (AvgIpc) is 2.45. The summed E-state index contributed by atoms with van der Waals surface area (Å²) in [6, 6.07) is 10.1. The molecule has 2 aromatic carbocycles. The number of methoxy groups -OCH3 is 1. The maximum absolute atomic E-state index is 11.9. The van der Waals surface area contributed by atoms with Crippen LogP contribution in [0, 0.1) is 6.92 Å². The number of carbonyl (C=O) groups is 1. The Labute approximate surface area is 137 Å². The van der Waals surface area contributed by atoms with Gasteiger partial charge in [-0.3, -0.25) is 0 Å². The number of hydrogen-bond donors (Lipinski definition) is 1. The first-order valence-electron chi connectivity index (χ1n) is 6.25. The lowest BCUT2D eigenvalue weighted by Gasteiger charge is -2.12. The van der Waals surface area contributed by atoms with Crippen LogP contribution in [0.1, 0.15) is 15.9 Å². The predicted molar refractivity (Wildman–Crippen MR) is 87.0 cm³/mol. The molecule has 2 N–H and O–H groups in total. The number of carbonyl (C=O) groups excluding carboxylic acids is 1. The molecular formula is C15H14BrNO4S. The van der Waals surface area contributed by atoms with Crippen molar-refractivity contribution in [1.82, 2.24) is 0 Å². The molecule has 2 rings (SSSR count). The summed E-state index contributed by atoms with van der Waals surface area (Å²) >= 11 is 3.26. The third-order valence-corrected chi connectivity index (χ3v) is 4.75. The molecule has 0 amide bonds. The van der Waals surface area contributed by atoms with Crippen LogP contribution in [0.3, 0.4) is 0 Å². The summed E-state index contributed by atoms with van der Waals surface area (Å²) in [6.07, 6.45) is 0. The molecule has 0 aromatic heterocycles. The molecule has 7 heteroatoms. The lowest BCUT2D eigenvalue weighted by Crippen LogP contribution is -2.15. The molecule has 0 heterocycles. The molecule has 0 aliphatic heterocycles. The maximum atomic E-state index is 11.9. The topological polar surface area (TPSA) is 86.5 Å². The minimum atomic E-state index is -4.00. The van der Waals surface area contributed by atoms with E-state index in [4.69, 9.17) is 5.14 Å². The van der Waals surface area contributed by atoms with Crippen molar-refractivity contribution in [2.75, 3.05) is 7.11 Å². The van der Waals surface area contributed by atoms with E-state index in [0.29, 0.717) is 15.6 Å².